The average Bonchev–Trinajstić information content (AvgIpc) is 2.79. The number of nitrogens with two attached hydrogens (primary N) is 1. The number of aromatic nitrogens is 2. The highest BCUT2D eigenvalue weighted by Crippen LogP contribution is 2.37. The van der Waals surface area contributed by atoms with E-state index in [2.05, 4.69) is 13.2 Å². The molecule has 1 aliphatic rings. The van der Waals surface area contributed by atoms with Crippen LogP contribution in [0.15, 0.2) is 37.4 Å². The van der Waals surface area contributed by atoms with Gasteiger partial charge in [-0.05, 0) is 66.6 Å². The summed E-state index contributed by atoms with van der Waals surface area (Å²) < 4.78 is 0. The zero-order valence-corrected chi connectivity index (χ0v) is 17.3. The second-order valence-corrected chi connectivity index (χ2v) is 6.81. The molecule has 0 unspecified atom stereocenters. The summed E-state index contributed by atoms with van der Waals surface area (Å²) >= 11 is 0. The van der Waals surface area contributed by atoms with Crippen molar-refractivity contribution in [3.63, 3.8) is 0 Å². The smallest absolute Gasteiger partial charge is 0.0928 e. The number of hydrogen-bond donors (Lipinski definition) is 2. The molecule has 29 heavy (non-hydrogen) atoms. The molecule has 1 aliphatic carbocycles. The zero-order chi connectivity index (χ0) is 21.0. The van der Waals surface area contributed by atoms with E-state index in [-0.39, 0.29) is 0 Å². The second-order valence-electron chi connectivity index (χ2n) is 6.81. The van der Waals surface area contributed by atoms with Crippen LogP contribution in [0.4, 0.5) is 5.69 Å². The standard InChI is InChI=1S/C23H22N4.C2H6/c1-3-14-9-11-21(26-19(14)4-2)23-16-8-6-5-7-15(16)22-17(13-24)18(25)10-12-20(22)27-23;1-2/h3-4,9-13,24H,1-2,5-8,25H2;1-2H3. The van der Waals surface area contributed by atoms with Crippen LogP contribution in [0.2, 0.25) is 0 Å². The average molecular weight is 385 g/mol. The molecular formula is C25H28N4. The molecule has 0 fully saturated rings. The van der Waals surface area contributed by atoms with Gasteiger partial charge in [-0.15, -0.1) is 0 Å². The van der Waals surface area contributed by atoms with Crippen LogP contribution in [0, 0.1) is 5.41 Å². The number of rotatable bonds is 4. The van der Waals surface area contributed by atoms with E-state index in [0.29, 0.717) is 5.69 Å². The van der Waals surface area contributed by atoms with Crippen molar-refractivity contribution in [2.24, 2.45) is 0 Å². The predicted molar refractivity (Wildman–Crippen MR) is 125 cm³/mol. The summed E-state index contributed by atoms with van der Waals surface area (Å²) in [7, 11) is 0. The van der Waals surface area contributed by atoms with Gasteiger partial charge in [-0.2, -0.15) is 0 Å². The number of nitrogen functional groups attached to an aromatic ring is 1. The normalized spacial score (nSPS) is 12.5. The van der Waals surface area contributed by atoms with Gasteiger partial charge in [-0.3, -0.25) is 0 Å². The lowest BCUT2D eigenvalue weighted by molar-refractivity contribution is 0.688. The van der Waals surface area contributed by atoms with Gasteiger partial charge in [0.1, 0.15) is 0 Å². The molecule has 0 saturated carbocycles. The van der Waals surface area contributed by atoms with Crippen molar-refractivity contribution in [3.05, 3.63) is 65.4 Å². The van der Waals surface area contributed by atoms with E-state index in [4.69, 9.17) is 21.1 Å². The Morgan fingerprint density at radius 2 is 1.69 bits per heavy atom. The number of nitrogens with zero attached hydrogens (tertiary/aromatic N) is 2. The highest BCUT2D eigenvalue weighted by Gasteiger charge is 2.22. The Hall–Kier alpha value is -3.27. The third-order valence-electron chi connectivity index (χ3n) is 5.30. The molecule has 2 aromatic heterocycles. The van der Waals surface area contributed by atoms with Crippen molar-refractivity contribution < 1.29 is 0 Å². The van der Waals surface area contributed by atoms with Gasteiger partial charge in [-0.1, -0.05) is 39.1 Å². The summed E-state index contributed by atoms with van der Waals surface area (Å²) in [5.41, 5.74) is 14.5. The summed E-state index contributed by atoms with van der Waals surface area (Å²) in [5, 5.41) is 8.86. The fourth-order valence-corrected chi connectivity index (χ4v) is 3.99. The van der Waals surface area contributed by atoms with E-state index >= 15 is 0 Å². The monoisotopic (exact) mass is 384 g/mol. The summed E-state index contributed by atoms with van der Waals surface area (Å²) in [4.78, 5) is 9.74. The Balaban J connectivity index is 0.00000117. The topological polar surface area (TPSA) is 75.7 Å². The molecule has 148 valence electrons. The first-order chi connectivity index (χ1) is 14.2. The number of aryl methyl sites for hydroxylation is 1. The summed E-state index contributed by atoms with van der Waals surface area (Å²) in [6.07, 6.45) is 9.10. The zero-order valence-electron chi connectivity index (χ0n) is 17.3. The summed E-state index contributed by atoms with van der Waals surface area (Å²) in [5.74, 6) is 0. The highest BCUT2D eigenvalue weighted by atomic mass is 14.8. The first-order valence-electron chi connectivity index (χ1n) is 10.2. The van der Waals surface area contributed by atoms with Crippen LogP contribution in [0.25, 0.3) is 34.4 Å². The molecule has 4 nitrogen and oxygen atoms in total. The van der Waals surface area contributed by atoms with Gasteiger partial charge in [0.25, 0.3) is 0 Å². The van der Waals surface area contributed by atoms with Crippen LogP contribution >= 0.6 is 0 Å². The SMILES string of the molecule is C=Cc1ccc(-c2nc3ccc(N)c(C=N)c3c3c2CCCC3)nc1C=C.CC. The van der Waals surface area contributed by atoms with Gasteiger partial charge in [0.15, 0.2) is 0 Å². The molecule has 1 aromatic carbocycles. The second kappa shape index (κ2) is 8.82. The van der Waals surface area contributed by atoms with Crippen LogP contribution in [-0.4, -0.2) is 16.2 Å². The van der Waals surface area contributed by atoms with Crippen molar-refractivity contribution in [2.45, 2.75) is 39.5 Å². The Kier molecular flexibility index (Phi) is 6.23. The quantitative estimate of drug-likeness (QED) is 0.423. The Bertz CT molecular complexity index is 1100. The molecule has 4 heteroatoms. The van der Waals surface area contributed by atoms with Gasteiger partial charge in [0.2, 0.25) is 0 Å². The van der Waals surface area contributed by atoms with Crippen LogP contribution in [0.5, 0.6) is 0 Å². The van der Waals surface area contributed by atoms with Gasteiger partial charge in [0.05, 0.1) is 22.6 Å². The maximum atomic E-state index is 7.83. The lowest BCUT2D eigenvalue weighted by Crippen LogP contribution is -2.10. The van der Waals surface area contributed by atoms with Crippen LogP contribution in [0.1, 0.15) is 54.6 Å². The molecule has 3 N–H and O–H groups in total. The van der Waals surface area contributed by atoms with Crippen molar-refractivity contribution in [1.82, 2.24) is 9.97 Å². The lowest BCUT2D eigenvalue weighted by atomic mass is 9.85. The minimum atomic E-state index is 0.627. The number of hydrogen-bond acceptors (Lipinski definition) is 4. The highest BCUT2D eigenvalue weighted by molar-refractivity contribution is 6.05. The van der Waals surface area contributed by atoms with E-state index < -0.39 is 0 Å². The van der Waals surface area contributed by atoms with Gasteiger partial charge >= 0.3 is 0 Å². The molecule has 0 bridgehead atoms. The van der Waals surface area contributed by atoms with E-state index in [1.54, 1.807) is 12.2 Å². The molecule has 0 atom stereocenters. The predicted octanol–water partition coefficient (Wildman–Crippen LogP) is 6.07. The van der Waals surface area contributed by atoms with E-state index in [1.807, 2.05) is 38.1 Å². The maximum Gasteiger partial charge on any atom is 0.0928 e. The minimum Gasteiger partial charge on any atom is -0.398 e. The number of fused-ring (bicyclic) bond motifs is 3. The minimum absolute atomic E-state index is 0.627. The lowest BCUT2D eigenvalue weighted by Gasteiger charge is -2.22. The molecular weight excluding hydrogens is 356 g/mol. The van der Waals surface area contributed by atoms with E-state index in [0.717, 1.165) is 64.8 Å². The number of pyridine rings is 2. The Morgan fingerprint density at radius 3 is 2.34 bits per heavy atom. The summed E-state index contributed by atoms with van der Waals surface area (Å²) in [6.45, 7) is 11.7. The Morgan fingerprint density at radius 1 is 0.966 bits per heavy atom. The molecule has 0 aliphatic heterocycles. The van der Waals surface area contributed by atoms with Crippen molar-refractivity contribution >= 4 is 35.0 Å². The van der Waals surface area contributed by atoms with Crippen LogP contribution in [-0.2, 0) is 12.8 Å². The van der Waals surface area contributed by atoms with Crippen LogP contribution < -0.4 is 5.73 Å². The van der Waals surface area contributed by atoms with Gasteiger partial charge < -0.3 is 11.1 Å². The molecule has 0 amide bonds. The van der Waals surface area contributed by atoms with E-state index in [9.17, 15) is 0 Å². The van der Waals surface area contributed by atoms with E-state index in [1.165, 1.54) is 17.3 Å². The third kappa shape index (κ3) is 3.58. The Labute approximate surface area is 172 Å². The number of nitrogens with one attached hydrogen (secondary N) is 1. The fourth-order valence-electron chi connectivity index (χ4n) is 3.99. The van der Waals surface area contributed by atoms with Gasteiger partial charge in [0, 0.05) is 22.9 Å². The molecule has 4 rings (SSSR count). The number of benzene rings is 1. The largest absolute Gasteiger partial charge is 0.398 e. The first-order valence-corrected chi connectivity index (χ1v) is 10.2. The maximum absolute atomic E-state index is 7.83. The third-order valence-corrected chi connectivity index (χ3v) is 5.30. The van der Waals surface area contributed by atoms with Crippen molar-refractivity contribution in [3.8, 4) is 11.4 Å². The summed E-state index contributed by atoms with van der Waals surface area (Å²) in [6, 6.07) is 7.79. The van der Waals surface area contributed by atoms with Crippen molar-refractivity contribution in [2.75, 3.05) is 5.73 Å². The van der Waals surface area contributed by atoms with Gasteiger partial charge in [-0.25, -0.2) is 9.97 Å². The first kappa shape index (κ1) is 20.5. The molecule has 3 aromatic rings. The van der Waals surface area contributed by atoms with Crippen molar-refractivity contribution in [1.29, 1.82) is 5.41 Å². The fraction of sp³-hybridized carbons (Fsp3) is 0.240. The molecule has 0 radical (unpaired) electrons. The molecule has 0 saturated heterocycles. The molecule has 0 spiro atoms. The van der Waals surface area contributed by atoms with Crippen LogP contribution in [0.3, 0.4) is 0 Å². The number of anilines is 1. The molecule has 2 heterocycles.